The van der Waals surface area contributed by atoms with E-state index in [-0.39, 0.29) is 5.91 Å². The molecule has 1 aliphatic heterocycles. The van der Waals surface area contributed by atoms with Crippen LogP contribution < -0.4 is 10.6 Å². The van der Waals surface area contributed by atoms with Crippen molar-refractivity contribution >= 4 is 11.6 Å². The van der Waals surface area contributed by atoms with Crippen molar-refractivity contribution in [3.05, 3.63) is 65.7 Å². The Morgan fingerprint density at radius 3 is 2.36 bits per heavy atom. The molecule has 1 heterocycles. The van der Waals surface area contributed by atoms with E-state index in [4.69, 9.17) is 5.73 Å². The smallest absolute Gasteiger partial charge is 0.239 e. The van der Waals surface area contributed by atoms with Crippen LogP contribution in [0.15, 0.2) is 54.6 Å². The van der Waals surface area contributed by atoms with Gasteiger partial charge in [-0.05, 0) is 43.5 Å². The molecule has 0 saturated carbocycles. The summed E-state index contributed by atoms with van der Waals surface area (Å²) in [5.41, 5.74) is 9.18. The number of primary amides is 1. The van der Waals surface area contributed by atoms with E-state index in [1.165, 1.54) is 30.5 Å². The number of amides is 1. The molecule has 1 fully saturated rings. The summed E-state index contributed by atoms with van der Waals surface area (Å²) >= 11 is 0. The number of likely N-dealkylation sites (N-methyl/N-ethyl adjacent to an activating group) is 1. The monoisotopic (exact) mass is 337 g/mol. The predicted molar refractivity (Wildman–Crippen MR) is 102 cm³/mol. The van der Waals surface area contributed by atoms with Gasteiger partial charge in [-0.1, -0.05) is 48.5 Å². The quantitative estimate of drug-likeness (QED) is 0.879. The minimum Gasteiger partial charge on any atom is -0.371 e. The molecule has 2 aromatic rings. The first-order valence-corrected chi connectivity index (χ1v) is 9.04. The molecule has 0 unspecified atom stereocenters. The van der Waals surface area contributed by atoms with E-state index < -0.39 is 6.04 Å². The summed E-state index contributed by atoms with van der Waals surface area (Å²) in [7, 11) is 1.97. The maximum Gasteiger partial charge on any atom is 0.239 e. The highest BCUT2D eigenvalue weighted by molar-refractivity contribution is 5.81. The lowest BCUT2D eigenvalue weighted by Gasteiger charge is -2.32. The zero-order valence-corrected chi connectivity index (χ0v) is 14.9. The van der Waals surface area contributed by atoms with Gasteiger partial charge in [-0.3, -0.25) is 9.69 Å². The summed E-state index contributed by atoms with van der Waals surface area (Å²) in [5.74, 6) is -0.316. The second-order valence-electron chi connectivity index (χ2n) is 6.81. The van der Waals surface area contributed by atoms with Crippen molar-refractivity contribution in [3.8, 4) is 0 Å². The van der Waals surface area contributed by atoms with Crippen LogP contribution in [-0.4, -0.2) is 30.9 Å². The Balaban J connectivity index is 1.82. The zero-order valence-electron chi connectivity index (χ0n) is 14.9. The largest absolute Gasteiger partial charge is 0.371 e. The van der Waals surface area contributed by atoms with E-state index in [9.17, 15) is 4.79 Å². The van der Waals surface area contributed by atoms with Crippen molar-refractivity contribution in [2.75, 3.05) is 25.0 Å². The molecule has 1 atom stereocenters. The van der Waals surface area contributed by atoms with Crippen molar-refractivity contribution in [3.63, 3.8) is 0 Å². The van der Waals surface area contributed by atoms with Gasteiger partial charge < -0.3 is 10.6 Å². The van der Waals surface area contributed by atoms with Crippen LogP contribution in [0.3, 0.4) is 0 Å². The first-order valence-electron chi connectivity index (χ1n) is 9.04. The summed E-state index contributed by atoms with van der Waals surface area (Å²) in [6, 6.07) is 17.9. The lowest BCUT2D eigenvalue weighted by Crippen LogP contribution is -2.36. The Kier molecular flexibility index (Phi) is 5.71. The first kappa shape index (κ1) is 17.5. The highest BCUT2D eigenvalue weighted by Gasteiger charge is 2.24. The molecule has 1 saturated heterocycles. The maximum absolute atomic E-state index is 12.1. The first-order chi connectivity index (χ1) is 12.2. The molecule has 4 nitrogen and oxygen atoms in total. The standard InChI is InChI=1S/C21H27N3O/c1-23(20(21(22)25)17-10-4-2-5-11-17)16-18-12-6-7-13-19(18)24-14-8-3-9-15-24/h2,4-7,10-13,20H,3,8-9,14-16H2,1H3,(H2,22,25)/t20-/m1/s1. The van der Waals surface area contributed by atoms with Gasteiger partial charge in [-0.2, -0.15) is 0 Å². The van der Waals surface area contributed by atoms with Crippen molar-refractivity contribution in [1.29, 1.82) is 0 Å². The topological polar surface area (TPSA) is 49.6 Å². The lowest BCUT2D eigenvalue weighted by molar-refractivity contribution is -0.123. The van der Waals surface area contributed by atoms with Gasteiger partial charge >= 0.3 is 0 Å². The number of benzene rings is 2. The van der Waals surface area contributed by atoms with Crippen LogP contribution in [0, 0.1) is 0 Å². The van der Waals surface area contributed by atoms with Gasteiger partial charge in [0, 0.05) is 25.3 Å². The molecule has 132 valence electrons. The van der Waals surface area contributed by atoms with E-state index >= 15 is 0 Å². The normalized spacial score (nSPS) is 16.0. The molecule has 0 spiro atoms. The van der Waals surface area contributed by atoms with Crippen LogP contribution in [0.4, 0.5) is 5.69 Å². The maximum atomic E-state index is 12.1. The number of carbonyl (C=O) groups is 1. The minimum atomic E-state index is -0.421. The molecule has 3 rings (SSSR count). The highest BCUT2D eigenvalue weighted by atomic mass is 16.1. The molecular weight excluding hydrogens is 310 g/mol. The average molecular weight is 337 g/mol. The van der Waals surface area contributed by atoms with Gasteiger partial charge in [0.05, 0.1) is 0 Å². The molecule has 1 aliphatic rings. The van der Waals surface area contributed by atoms with Gasteiger partial charge in [-0.25, -0.2) is 0 Å². The van der Waals surface area contributed by atoms with Gasteiger partial charge in [0.2, 0.25) is 5.91 Å². The van der Waals surface area contributed by atoms with Gasteiger partial charge in [0.1, 0.15) is 6.04 Å². The van der Waals surface area contributed by atoms with E-state index in [2.05, 4.69) is 29.2 Å². The molecule has 4 heteroatoms. The van der Waals surface area contributed by atoms with E-state index in [0.717, 1.165) is 18.7 Å². The SMILES string of the molecule is CN(Cc1ccccc1N1CCCCC1)[C@@H](C(N)=O)c1ccccc1. The third kappa shape index (κ3) is 4.20. The fourth-order valence-corrected chi connectivity index (χ4v) is 3.72. The van der Waals surface area contributed by atoms with E-state index in [1.54, 1.807) is 0 Å². The minimum absolute atomic E-state index is 0.316. The zero-order chi connectivity index (χ0) is 17.6. The number of hydrogen-bond acceptors (Lipinski definition) is 3. The second-order valence-corrected chi connectivity index (χ2v) is 6.81. The number of nitrogens with two attached hydrogens (primary N) is 1. The number of para-hydroxylation sites is 1. The Morgan fingerprint density at radius 1 is 1.04 bits per heavy atom. The summed E-state index contributed by atoms with van der Waals surface area (Å²) in [4.78, 5) is 16.6. The van der Waals surface area contributed by atoms with Gasteiger partial charge in [0.15, 0.2) is 0 Å². The van der Waals surface area contributed by atoms with Crippen molar-refractivity contribution in [2.24, 2.45) is 5.73 Å². The van der Waals surface area contributed by atoms with Crippen LogP contribution in [0.2, 0.25) is 0 Å². The molecule has 1 amide bonds. The molecule has 0 bridgehead atoms. The molecule has 0 aromatic heterocycles. The fourth-order valence-electron chi connectivity index (χ4n) is 3.72. The Labute approximate surface area is 150 Å². The highest BCUT2D eigenvalue weighted by Crippen LogP contribution is 2.28. The summed E-state index contributed by atoms with van der Waals surface area (Å²) in [6.07, 6.45) is 3.81. The Morgan fingerprint density at radius 2 is 1.68 bits per heavy atom. The van der Waals surface area contributed by atoms with Crippen LogP contribution in [0.5, 0.6) is 0 Å². The number of hydrogen-bond donors (Lipinski definition) is 1. The Hall–Kier alpha value is -2.33. The third-order valence-electron chi connectivity index (χ3n) is 4.93. The second kappa shape index (κ2) is 8.17. The number of carbonyl (C=O) groups excluding carboxylic acids is 1. The molecule has 0 radical (unpaired) electrons. The van der Waals surface area contributed by atoms with Crippen LogP contribution in [0.1, 0.15) is 36.4 Å². The molecule has 0 aliphatic carbocycles. The molecule has 2 aromatic carbocycles. The number of anilines is 1. The number of nitrogens with zero attached hydrogens (tertiary/aromatic N) is 2. The summed E-state index contributed by atoms with van der Waals surface area (Å²) < 4.78 is 0. The summed E-state index contributed by atoms with van der Waals surface area (Å²) in [6.45, 7) is 2.91. The van der Waals surface area contributed by atoms with E-state index in [1.807, 2.05) is 42.3 Å². The molecule has 25 heavy (non-hydrogen) atoms. The lowest BCUT2D eigenvalue weighted by atomic mass is 10.0. The van der Waals surface area contributed by atoms with E-state index in [0.29, 0.717) is 6.54 Å². The van der Waals surface area contributed by atoms with Crippen molar-refractivity contribution < 1.29 is 4.79 Å². The average Bonchev–Trinajstić information content (AvgIpc) is 2.63. The van der Waals surface area contributed by atoms with Gasteiger partial charge in [0.25, 0.3) is 0 Å². The molecule has 2 N–H and O–H groups in total. The van der Waals surface area contributed by atoms with Crippen LogP contribution in [0.25, 0.3) is 0 Å². The van der Waals surface area contributed by atoms with Gasteiger partial charge in [-0.15, -0.1) is 0 Å². The van der Waals surface area contributed by atoms with Crippen LogP contribution in [-0.2, 0) is 11.3 Å². The van der Waals surface area contributed by atoms with Crippen molar-refractivity contribution in [2.45, 2.75) is 31.8 Å². The summed E-state index contributed by atoms with van der Waals surface area (Å²) in [5, 5.41) is 0. The third-order valence-corrected chi connectivity index (χ3v) is 4.93. The fraction of sp³-hybridized carbons (Fsp3) is 0.381. The number of rotatable bonds is 6. The van der Waals surface area contributed by atoms with Crippen LogP contribution >= 0.6 is 0 Å². The van der Waals surface area contributed by atoms with Crippen molar-refractivity contribution in [1.82, 2.24) is 4.90 Å². The Bertz CT molecular complexity index is 695. The predicted octanol–water partition coefficient (Wildman–Crippen LogP) is 3.34. The molecular formula is C21H27N3O. The number of piperidine rings is 1.